The predicted molar refractivity (Wildman–Crippen MR) is 110 cm³/mol. The van der Waals surface area contributed by atoms with E-state index in [1.165, 1.54) is 11.3 Å². The summed E-state index contributed by atoms with van der Waals surface area (Å²) in [6.07, 6.45) is -0.520. The lowest BCUT2D eigenvalue weighted by molar-refractivity contribution is 0.215. The lowest BCUT2D eigenvalue weighted by atomic mass is 10.0. The Morgan fingerprint density at radius 3 is 2.33 bits per heavy atom. The molecule has 0 fully saturated rings. The third kappa shape index (κ3) is 3.64. The molecule has 0 aliphatic carbocycles. The van der Waals surface area contributed by atoms with Gasteiger partial charge < -0.3 is 9.47 Å². The number of carbonyl (C=O) groups excluding carboxylic acids is 1. The van der Waals surface area contributed by atoms with Crippen LogP contribution in [0.25, 0.3) is 21.2 Å². The van der Waals surface area contributed by atoms with Gasteiger partial charge in [-0.3, -0.25) is 5.32 Å². The number of carbonyl (C=O) groups is 1. The molecule has 4 rings (SSSR count). The van der Waals surface area contributed by atoms with E-state index >= 15 is 0 Å². The average molecular weight is 375 g/mol. The highest BCUT2D eigenvalue weighted by Gasteiger charge is 2.14. The number of nitrogens with one attached hydrogen (secondary N) is 1. The summed E-state index contributed by atoms with van der Waals surface area (Å²) in [7, 11) is 1.64. The molecule has 1 aromatic heterocycles. The van der Waals surface area contributed by atoms with Crippen LogP contribution in [0.4, 0.5) is 9.80 Å². The molecule has 0 saturated carbocycles. The molecule has 0 atom stereocenters. The minimum absolute atomic E-state index is 0.499. The van der Waals surface area contributed by atoms with Gasteiger partial charge in [0.05, 0.1) is 12.1 Å². The van der Waals surface area contributed by atoms with Crippen molar-refractivity contribution in [1.29, 1.82) is 0 Å². The Morgan fingerprint density at radius 1 is 0.926 bits per heavy atom. The van der Waals surface area contributed by atoms with E-state index in [9.17, 15) is 4.79 Å². The maximum Gasteiger partial charge on any atom is 0.417 e. The molecule has 1 heterocycles. The molecule has 0 saturated heterocycles. The fourth-order valence-electron chi connectivity index (χ4n) is 2.90. The van der Waals surface area contributed by atoms with Gasteiger partial charge in [-0.25, -0.2) is 4.79 Å². The van der Waals surface area contributed by atoms with E-state index in [1.54, 1.807) is 19.2 Å². The first-order chi connectivity index (χ1) is 13.2. The molecule has 5 heteroatoms. The van der Waals surface area contributed by atoms with Gasteiger partial charge in [-0.1, -0.05) is 48.5 Å². The van der Waals surface area contributed by atoms with Crippen LogP contribution in [0.15, 0.2) is 78.9 Å². The minimum Gasteiger partial charge on any atom is -0.496 e. The third-order valence-corrected chi connectivity index (χ3v) is 5.21. The molecule has 134 valence electrons. The van der Waals surface area contributed by atoms with E-state index in [2.05, 4.69) is 17.4 Å². The fraction of sp³-hybridized carbons (Fsp3) is 0.0455. The minimum atomic E-state index is -0.520. The zero-order valence-corrected chi connectivity index (χ0v) is 15.5. The van der Waals surface area contributed by atoms with E-state index in [0.717, 1.165) is 27.0 Å². The van der Waals surface area contributed by atoms with Gasteiger partial charge in [0.15, 0.2) is 0 Å². The molecule has 1 N–H and O–H groups in total. The first kappa shape index (κ1) is 17.1. The van der Waals surface area contributed by atoms with Crippen LogP contribution in [-0.2, 0) is 0 Å². The lowest BCUT2D eigenvalue weighted by Crippen LogP contribution is -2.15. The SMILES string of the molecule is COc1ccc(-c2ccccc2)c2sc(NC(=O)Oc3ccccc3)cc12. The van der Waals surface area contributed by atoms with Crippen molar-refractivity contribution in [2.75, 3.05) is 12.4 Å². The van der Waals surface area contributed by atoms with Crippen LogP contribution in [0.1, 0.15) is 0 Å². The van der Waals surface area contributed by atoms with Crippen LogP contribution in [-0.4, -0.2) is 13.2 Å². The van der Waals surface area contributed by atoms with E-state index in [1.807, 2.05) is 54.6 Å². The molecule has 1 amide bonds. The first-order valence-corrected chi connectivity index (χ1v) is 9.26. The van der Waals surface area contributed by atoms with Crippen LogP contribution in [0.2, 0.25) is 0 Å². The molecule has 27 heavy (non-hydrogen) atoms. The molecule has 4 aromatic rings. The van der Waals surface area contributed by atoms with Crippen molar-refractivity contribution in [2.24, 2.45) is 0 Å². The summed E-state index contributed by atoms with van der Waals surface area (Å²) in [5, 5.41) is 4.47. The second-order valence-electron chi connectivity index (χ2n) is 5.86. The summed E-state index contributed by atoms with van der Waals surface area (Å²) >= 11 is 1.50. The van der Waals surface area contributed by atoms with E-state index in [-0.39, 0.29) is 0 Å². The molecule has 0 aliphatic rings. The van der Waals surface area contributed by atoms with Crippen LogP contribution in [0.3, 0.4) is 0 Å². The molecular formula is C22H17NO3S. The van der Waals surface area contributed by atoms with E-state index in [4.69, 9.17) is 9.47 Å². The van der Waals surface area contributed by atoms with Crippen LogP contribution in [0, 0.1) is 0 Å². The summed E-state index contributed by atoms with van der Waals surface area (Å²) in [5.41, 5.74) is 2.21. The van der Waals surface area contributed by atoms with E-state index in [0.29, 0.717) is 10.8 Å². The predicted octanol–water partition coefficient (Wildman–Crippen LogP) is 6.19. The summed E-state index contributed by atoms with van der Waals surface area (Å²) in [6.45, 7) is 0. The average Bonchev–Trinajstić information content (AvgIpc) is 3.12. The summed E-state index contributed by atoms with van der Waals surface area (Å²) in [4.78, 5) is 12.2. The largest absolute Gasteiger partial charge is 0.496 e. The Morgan fingerprint density at radius 2 is 1.63 bits per heavy atom. The van der Waals surface area contributed by atoms with Crippen LogP contribution < -0.4 is 14.8 Å². The Hall–Kier alpha value is -3.31. The fourth-order valence-corrected chi connectivity index (χ4v) is 4.00. The maximum atomic E-state index is 12.2. The van der Waals surface area contributed by atoms with Crippen molar-refractivity contribution in [3.05, 3.63) is 78.9 Å². The Balaban J connectivity index is 1.67. The smallest absolute Gasteiger partial charge is 0.417 e. The van der Waals surface area contributed by atoms with Crippen molar-refractivity contribution < 1.29 is 14.3 Å². The second kappa shape index (κ2) is 7.51. The quantitative estimate of drug-likeness (QED) is 0.463. The molecule has 4 nitrogen and oxygen atoms in total. The van der Waals surface area contributed by atoms with Gasteiger partial charge in [-0.15, -0.1) is 11.3 Å². The number of hydrogen-bond donors (Lipinski definition) is 1. The molecule has 0 radical (unpaired) electrons. The highest BCUT2D eigenvalue weighted by atomic mass is 32.1. The standard InChI is InChI=1S/C22H17NO3S/c1-25-19-13-12-17(15-8-4-2-5-9-15)21-18(19)14-20(27-21)23-22(24)26-16-10-6-3-7-11-16/h2-14H,1H3,(H,23,24). The lowest BCUT2D eigenvalue weighted by Gasteiger charge is -2.06. The van der Waals surface area contributed by atoms with Crippen LogP contribution in [0.5, 0.6) is 11.5 Å². The molecule has 0 unspecified atom stereocenters. The second-order valence-corrected chi connectivity index (χ2v) is 6.91. The summed E-state index contributed by atoms with van der Waals surface area (Å²) < 4.78 is 11.9. The molecule has 0 spiro atoms. The number of para-hydroxylation sites is 1. The number of amides is 1. The molecule has 0 aliphatic heterocycles. The third-order valence-electron chi connectivity index (χ3n) is 4.13. The zero-order chi connectivity index (χ0) is 18.6. The number of anilines is 1. The van der Waals surface area contributed by atoms with Gasteiger partial charge >= 0.3 is 6.09 Å². The number of ether oxygens (including phenoxy) is 2. The van der Waals surface area contributed by atoms with Crippen molar-refractivity contribution in [3.63, 3.8) is 0 Å². The number of fused-ring (bicyclic) bond motifs is 1. The van der Waals surface area contributed by atoms with Gasteiger partial charge in [0.2, 0.25) is 0 Å². The van der Waals surface area contributed by atoms with Crippen molar-refractivity contribution >= 4 is 32.5 Å². The number of methoxy groups -OCH3 is 1. The molecule has 0 bridgehead atoms. The highest BCUT2D eigenvalue weighted by Crippen LogP contribution is 2.41. The zero-order valence-electron chi connectivity index (χ0n) is 14.6. The van der Waals surface area contributed by atoms with Gasteiger partial charge in [0.1, 0.15) is 11.5 Å². The normalized spacial score (nSPS) is 10.6. The van der Waals surface area contributed by atoms with Crippen LogP contribution >= 0.6 is 11.3 Å². The Bertz CT molecular complexity index is 1070. The van der Waals surface area contributed by atoms with E-state index < -0.39 is 6.09 Å². The summed E-state index contributed by atoms with van der Waals surface area (Å²) in [5.74, 6) is 1.27. The topological polar surface area (TPSA) is 47.6 Å². The van der Waals surface area contributed by atoms with Gasteiger partial charge in [0.25, 0.3) is 0 Å². The Labute approximate surface area is 161 Å². The summed E-state index contributed by atoms with van der Waals surface area (Å²) in [6, 6.07) is 25.0. The van der Waals surface area contributed by atoms with Gasteiger partial charge in [-0.2, -0.15) is 0 Å². The van der Waals surface area contributed by atoms with Crippen molar-refractivity contribution in [3.8, 4) is 22.6 Å². The number of rotatable bonds is 4. The molecule has 3 aromatic carbocycles. The monoisotopic (exact) mass is 375 g/mol. The molecular weight excluding hydrogens is 358 g/mol. The number of thiophene rings is 1. The number of benzene rings is 3. The van der Waals surface area contributed by atoms with Gasteiger partial charge in [0, 0.05) is 10.1 Å². The number of hydrogen-bond acceptors (Lipinski definition) is 4. The van der Waals surface area contributed by atoms with Crippen molar-refractivity contribution in [1.82, 2.24) is 0 Å². The van der Waals surface area contributed by atoms with Gasteiger partial charge in [-0.05, 0) is 41.5 Å². The first-order valence-electron chi connectivity index (χ1n) is 8.44. The van der Waals surface area contributed by atoms with Crippen molar-refractivity contribution in [2.45, 2.75) is 0 Å². The highest BCUT2D eigenvalue weighted by molar-refractivity contribution is 7.23. The Kier molecular flexibility index (Phi) is 4.77. The maximum absolute atomic E-state index is 12.2.